The van der Waals surface area contributed by atoms with Crippen molar-refractivity contribution in [2.24, 2.45) is 11.3 Å². The molecule has 0 aromatic rings. The first kappa shape index (κ1) is 13.3. The topological polar surface area (TPSA) is 75.3 Å². The summed E-state index contributed by atoms with van der Waals surface area (Å²) in [7, 11) is -1.55. The number of hydrogen-bond donors (Lipinski definition) is 2. The van der Waals surface area contributed by atoms with Gasteiger partial charge in [-0.25, -0.2) is 4.79 Å². The first-order valence-electron chi connectivity index (χ1n) is 6.49. The maximum Gasteiger partial charge on any atom is 0.328 e. The molecule has 100 valence electrons. The quantitative estimate of drug-likeness (QED) is 0.558. The smallest absolute Gasteiger partial charge is 0.277 e. The van der Waals surface area contributed by atoms with Crippen molar-refractivity contribution < 1.29 is 14.4 Å². The number of urea groups is 1. The minimum atomic E-state index is -1.55. The van der Waals surface area contributed by atoms with Crippen molar-refractivity contribution in [2.75, 3.05) is 0 Å². The Kier molecular flexibility index (Phi) is 3.09. The molecule has 1 spiro atoms. The Morgan fingerprint density at radius 2 is 1.78 bits per heavy atom. The van der Waals surface area contributed by atoms with Gasteiger partial charge < -0.3 is 0 Å². The SMILES string of the molecule is CC[C@H]1CC[Si](C)(C)CC12C(=O)NC(=O)NC2=O. The molecule has 5 nitrogen and oxygen atoms in total. The van der Waals surface area contributed by atoms with E-state index in [1.54, 1.807) is 0 Å². The van der Waals surface area contributed by atoms with Crippen molar-refractivity contribution in [3.63, 3.8) is 0 Å². The van der Waals surface area contributed by atoms with Crippen LogP contribution in [-0.4, -0.2) is 25.9 Å². The lowest BCUT2D eigenvalue weighted by atomic mass is 9.71. The number of imide groups is 2. The van der Waals surface area contributed by atoms with Crippen LogP contribution in [0.15, 0.2) is 0 Å². The molecule has 1 atom stereocenters. The molecule has 0 radical (unpaired) electrons. The van der Waals surface area contributed by atoms with Crippen LogP contribution in [0.4, 0.5) is 4.79 Å². The summed E-state index contributed by atoms with van der Waals surface area (Å²) in [5, 5.41) is 4.57. The molecule has 2 saturated heterocycles. The van der Waals surface area contributed by atoms with Gasteiger partial charge in [0.15, 0.2) is 0 Å². The minimum Gasteiger partial charge on any atom is -0.277 e. The molecule has 0 saturated carbocycles. The predicted molar refractivity (Wildman–Crippen MR) is 69.6 cm³/mol. The normalized spacial score (nSPS) is 29.9. The molecule has 0 aliphatic carbocycles. The summed E-state index contributed by atoms with van der Waals surface area (Å²) in [5.41, 5.74) is -1.00. The fourth-order valence-electron chi connectivity index (χ4n) is 3.45. The van der Waals surface area contributed by atoms with E-state index < -0.39 is 19.5 Å². The molecule has 0 aromatic carbocycles. The van der Waals surface area contributed by atoms with E-state index in [0.717, 1.165) is 18.9 Å². The van der Waals surface area contributed by atoms with Crippen molar-refractivity contribution >= 4 is 25.9 Å². The predicted octanol–water partition coefficient (Wildman–Crippen LogP) is 1.48. The second-order valence-electron chi connectivity index (χ2n) is 6.19. The standard InChI is InChI=1S/C12H20N2O3Si/c1-4-8-5-6-18(2,3)7-12(8)9(15)13-11(17)14-10(12)16/h8H,4-7H2,1-3H3,(H2,13,14,15,16,17)/t8-/m0/s1. The number of rotatable bonds is 1. The zero-order chi connectivity index (χ0) is 13.6. The molecule has 18 heavy (non-hydrogen) atoms. The van der Waals surface area contributed by atoms with Gasteiger partial charge in [0.1, 0.15) is 5.41 Å². The van der Waals surface area contributed by atoms with E-state index in [1.165, 1.54) is 0 Å². The van der Waals surface area contributed by atoms with Gasteiger partial charge in [-0.2, -0.15) is 0 Å². The van der Waals surface area contributed by atoms with E-state index in [-0.39, 0.29) is 17.7 Å². The van der Waals surface area contributed by atoms with Crippen LogP contribution in [0.25, 0.3) is 0 Å². The van der Waals surface area contributed by atoms with E-state index >= 15 is 0 Å². The van der Waals surface area contributed by atoms with E-state index in [1.807, 2.05) is 6.92 Å². The van der Waals surface area contributed by atoms with Crippen LogP contribution in [0.2, 0.25) is 25.2 Å². The summed E-state index contributed by atoms with van der Waals surface area (Å²) in [6.07, 6.45) is 1.70. The highest BCUT2D eigenvalue weighted by atomic mass is 28.3. The fraction of sp³-hybridized carbons (Fsp3) is 0.750. The second-order valence-corrected chi connectivity index (χ2v) is 11.4. The third-order valence-corrected chi connectivity index (χ3v) is 7.54. The largest absolute Gasteiger partial charge is 0.328 e. The zero-order valence-electron chi connectivity index (χ0n) is 11.1. The van der Waals surface area contributed by atoms with Crippen LogP contribution in [-0.2, 0) is 9.59 Å². The Morgan fingerprint density at radius 3 is 2.28 bits per heavy atom. The molecular weight excluding hydrogens is 248 g/mol. The van der Waals surface area contributed by atoms with Gasteiger partial charge in [-0.1, -0.05) is 38.9 Å². The van der Waals surface area contributed by atoms with Gasteiger partial charge in [0.05, 0.1) is 0 Å². The third kappa shape index (κ3) is 1.88. The van der Waals surface area contributed by atoms with Gasteiger partial charge >= 0.3 is 6.03 Å². The molecule has 2 N–H and O–H groups in total. The third-order valence-electron chi connectivity index (χ3n) is 4.38. The summed E-state index contributed by atoms with van der Waals surface area (Å²) < 4.78 is 0. The summed E-state index contributed by atoms with van der Waals surface area (Å²) >= 11 is 0. The van der Waals surface area contributed by atoms with Crippen LogP contribution in [0, 0.1) is 11.3 Å². The molecule has 0 unspecified atom stereocenters. The summed E-state index contributed by atoms with van der Waals surface area (Å²) in [4.78, 5) is 35.8. The highest BCUT2D eigenvalue weighted by Gasteiger charge is 2.59. The lowest BCUT2D eigenvalue weighted by Crippen LogP contribution is -2.67. The Morgan fingerprint density at radius 1 is 1.22 bits per heavy atom. The summed E-state index contributed by atoms with van der Waals surface area (Å²) in [5.74, 6) is -0.724. The highest BCUT2D eigenvalue weighted by Crippen LogP contribution is 2.48. The van der Waals surface area contributed by atoms with E-state index in [4.69, 9.17) is 0 Å². The molecule has 2 heterocycles. The van der Waals surface area contributed by atoms with Crippen LogP contribution < -0.4 is 10.6 Å². The monoisotopic (exact) mass is 268 g/mol. The number of amides is 4. The number of carbonyl (C=O) groups is 3. The van der Waals surface area contributed by atoms with Crippen LogP contribution in [0.1, 0.15) is 19.8 Å². The molecule has 0 bridgehead atoms. The fourth-order valence-corrected chi connectivity index (χ4v) is 6.87. The van der Waals surface area contributed by atoms with E-state index in [9.17, 15) is 14.4 Å². The maximum absolute atomic E-state index is 12.3. The van der Waals surface area contributed by atoms with Gasteiger partial charge in [-0.3, -0.25) is 20.2 Å². The van der Waals surface area contributed by atoms with Gasteiger partial charge in [-0.05, 0) is 12.0 Å². The molecular formula is C12H20N2O3Si. The van der Waals surface area contributed by atoms with Gasteiger partial charge in [0, 0.05) is 8.07 Å². The van der Waals surface area contributed by atoms with Gasteiger partial charge in [0.2, 0.25) is 11.8 Å². The first-order chi connectivity index (χ1) is 8.32. The first-order valence-corrected chi connectivity index (χ1v) is 9.90. The van der Waals surface area contributed by atoms with Crippen molar-refractivity contribution in [3.8, 4) is 0 Å². The van der Waals surface area contributed by atoms with Crippen molar-refractivity contribution in [3.05, 3.63) is 0 Å². The molecule has 2 rings (SSSR count). The lowest BCUT2D eigenvalue weighted by molar-refractivity contribution is -0.147. The minimum absolute atomic E-state index is 0.0473. The van der Waals surface area contributed by atoms with Crippen molar-refractivity contribution in [1.82, 2.24) is 10.6 Å². The average Bonchev–Trinajstić information content (AvgIpc) is 2.25. The highest BCUT2D eigenvalue weighted by molar-refractivity contribution is 6.78. The molecule has 0 aromatic heterocycles. The second kappa shape index (κ2) is 4.19. The molecule has 2 fully saturated rings. The Bertz CT molecular complexity index is 400. The summed E-state index contributed by atoms with van der Waals surface area (Å²) in [6, 6.07) is 1.10. The average molecular weight is 268 g/mol. The Hall–Kier alpha value is -1.17. The number of barbiturate groups is 1. The number of nitrogens with one attached hydrogen (secondary N) is 2. The number of hydrogen-bond acceptors (Lipinski definition) is 3. The van der Waals surface area contributed by atoms with Gasteiger partial charge in [-0.15, -0.1) is 0 Å². The number of carbonyl (C=O) groups excluding carboxylic acids is 3. The Labute approximate surface area is 108 Å². The maximum atomic E-state index is 12.3. The van der Waals surface area contributed by atoms with E-state index in [2.05, 4.69) is 23.7 Å². The van der Waals surface area contributed by atoms with Crippen LogP contribution in [0.5, 0.6) is 0 Å². The van der Waals surface area contributed by atoms with Crippen molar-refractivity contribution in [1.29, 1.82) is 0 Å². The van der Waals surface area contributed by atoms with Crippen molar-refractivity contribution in [2.45, 2.75) is 44.9 Å². The van der Waals surface area contributed by atoms with E-state index in [0.29, 0.717) is 6.04 Å². The molecule has 6 heteroatoms. The zero-order valence-corrected chi connectivity index (χ0v) is 12.1. The summed E-state index contributed by atoms with van der Waals surface area (Å²) in [6.45, 7) is 6.42. The van der Waals surface area contributed by atoms with Gasteiger partial charge in [0.25, 0.3) is 0 Å². The van der Waals surface area contributed by atoms with Crippen LogP contribution >= 0.6 is 0 Å². The molecule has 2 aliphatic rings. The molecule has 4 amide bonds. The van der Waals surface area contributed by atoms with Crippen LogP contribution in [0.3, 0.4) is 0 Å². The Balaban J connectivity index is 2.43. The molecule has 2 aliphatic heterocycles. The lowest BCUT2D eigenvalue weighted by Gasteiger charge is -2.48.